The molecule has 2 aliphatic rings. The predicted octanol–water partition coefficient (Wildman–Crippen LogP) is 2.27. The monoisotopic (exact) mass is 722 g/mol. The van der Waals surface area contributed by atoms with Crippen LogP contribution in [0.1, 0.15) is 72.3 Å². The number of amides is 3. The Morgan fingerprint density at radius 3 is 2.40 bits per heavy atom. The minimum Gasteiger partial charge on any atom is -0.456 e. The first-order valence-electron chi connectivity index (χ1n) is 18.0. The van der Waals surface area contributed by atoms with Crippen LogP contribution in [0.5, 0.6) is 0 Å². The molecule has 2 bridgehead atoms. The first-order valence-corrected chi connectivity index (χ1v) is 18.0. The number of aliphatic hydroxyl groups excluding tert-OH is 2. The highest BCUT2D eigenvalue weighted by Crippen LogP contribution is 2.24. The van der Waals surface area contributed by atoms with Crippen LogP contribution in [0.2, 0.25) is 0 Å². The molecule has 8 atom stereocenters. The largest absolute Gasteiger partial charge is 0.456 e. The first kappa shape index (κ1) is 42.0. The van der Waals surface area contributed by atoms with E-state index in [1.807, 2.05) is 30.3 Å². The van der Waals surface area contributed by atoms with Gasteiger partial charge in [-0.1, -0.05) is 75.4 Å². The number of hydrazine groups is 1. The molecule has 1 aromatic rings. The summed E-state index contributed by atoms with van der Waals surface area (Å²) >= 11 is 0. The molecule has 0 radical (unpaired) electrons. The van der Waals surface area contributed by atoms with Crippen LogP contribution in [0.3, 0.4) is 0 Å². The number of nitrogens with one attached hydrogen (secondary N) is 3. The van der Waals surface area contributed by atoms with Gasteiger partial charge in [0.25, 0.3) is 5.91 Å². The molecule has 5 unspecified atom stereocenters. The maximum atomic E-state index is 14.1. The van der Waals surface area contributed by atoms with Gasteiger partial charge in [-0.3, -0.25) is 29.0 Å². The lowest BCUT2D eigenvalue weighted by molar-refractivity contribution is -0.156. The first-order chi connectivity index (χ1) is 24.7. The number of hydrogen-bond donors (Lipinski definition) is 5. The molecular weight excluding hydrogens is 668 g/mol. The average Bonchev–Trinajstić information content (AvgIpc) is 3.11. The molecule has 0 saturated carbocycles. The number of ketones is 1. The van der Waals surface area contributed by atoms with Gasteiger partial charge in [0.05, 0.1) is 18.1 Å². The Kier molecular flexibility index (Phi) is 16.6. The van der Waals surface area contributed by atoms with Gasteiger partial charge >= 0.3 is 5.97 Å². The molecule has 1 fully saturated rings. The van der Waals surface area contributed by atoms with E-state index in [0.717, 1.165) is 5.56 Å². The van der Waals surface area contributed by atoms with Gasteiger partial charge in [-0.15, -0.1) is 0 Å². The van der Waals surface area contributed by atoms with E-state index in [1.54, 1.807) is 45.9 Å². The normalized spacial score (nSPS) is 30.2. The predicted molar refractivity (Wildman–Crippen MR) is 194 cm³/mol. The fourth-order valence-corrected chi connectivity index (χ4v) is 6.19. The van der Waals surface area contributed by atoms with Crippen molar-refractivity contribution in [3.63, 3.8) is 0 Å². The lowest BCUT2D eigenvalue weighted by Crippen LogP contribution is -2.62. The number of carbonyl (C=O) groups excluding carboxylic acids is 6. The minimum absolute atomic E-state index is 0.00370. The lowest BCUT2D eigenvalue weighted by atomic mass is 9.84. The van der Waals surface area contributed by atoms with Gasteiger partial charge in [-0.05, 0) is 56.2 Å². The molecule has 0 aromatic heterocycles. The van der Waals surface area contributed by atoms with E-state index >= 15 is 0 Å². The Balaban J connectivity index is 2.05. The van der Waals surface area contributed by atoms with Crippen molar-refractivity contribution in [3.8, 4) is 0 Å². The van der Waals surface area contributed by atoms with Crippen molar-refractivity contribution in [2.24, 2.45) is 17.8 Å². The third-order valence-corrected chi connectivity index (χ3v) is 9.52. The van der Waals surface area contributed by atoms with E-state index in [4.69, 9.17) is 4.74 Å². The van der Waals surface area contributed by atoms with Gasteiger partial charge in [0.1, 0.15) is 36.3 Å². The third kappa shape index (κ3) is 12.3. The van der Waals surface area contributed by atoms with Crippen molar-refractivity contribution >= 4 is 35.8 Å². The number of hydrogen-bond acceptors (Lipinski definition) is 10. The Morgan fingerprint density at radius 2 is 1.75 bits per heavy atom. The summed E-state index contributed by atoms with van der Waals surface area (Å²) in [5, 5.41) is 29.2. The maximum absolute atomic E-state index is 14.1. The number of ether oxygens (including phenoxy) is 1. The number of esters is 1. The summed E-state index contributed by atoms with van der Waals surface area (Å²) in [6.45, 7) is 8.34. The van der Waals surface area contributed by atoms with Crippen LogP contribution >= 0.6 is 0 Å². The SMILES string of the molecule is CC(=O)CCC1C(=O)NC(C(C)C)C(=O)NC(Cc2ccccc2)C(=O)N2CCCC(N2)C(=O)O[C@H](/C(C)=C/C=O)C/C=C/C=C/[C@H](O)C(C)[C@H]1O. The molecule has 13 heteroatoms. The van der Waals surface area contributed by atoms with Gasteiger partial charge in [0, 0.05) is 31.7 Å². The fourth-order valence-electron chi connectivity index (χ4n) is 6.19. The highest BCUT2D eigenvalue weighted by molar-refractivity contribution is 5.93. The quantitative estimate of drug-likeness (QED) is 0.151. The van der Waals surface area contributed by atoms with E-state index in [0.29, 0.717) is 24.7 Å². The molecule has 2 heterocycles. The van der Waals surface area contributed by atoms with E-state index in [2.05, 4.69) is 16.1 Å². The second-order valence-corrected chi connectivity index (χ2v) is 14.0. The van der Waals surface area contributed by atoms with Crippen LogP contribution in [0, 0.1) is 17.8 Å². The molecule has 3 rings (SSSR count). The molecule has 52 heavy (non-hydrogen) atoms. The maximum Gasteiger partial charge on any atom is 0.325 e. The summed E-state index contributed by atoms with van der Waals surface area (Å²) in [6.07, 6.45) is 6.02. The molecule has 0 aliphatic carbocycles. The van der Waals surface area contributed by atoms with Crippen molar-refractivity contribution in [1.82, 2.24) is 21.1 Å². The number of rotatable bonds is 8. The van der Waals surface area contributed by atoms with Crippen LogP contribution < -0.4 is 16.1 Å². The number of allylic oxidation sites excluding steroid dienone is 3. The summed E-state index contributed by atoms with van der Waals surface area (Å²) in [5.41, 5.74) is 4.26. The molecule has 284 valence electrons. The van der Waals surface area contributed by atoms with Gasteiger partial charge in [-0.25, -0.2) is 5.43 Å². The molecule has 5 N–H and O–H groups in total. The van der Waals surface area contributed by atoms with Crippen molar-refractivity contribution in [1.29, 1.82) is 0 Å². The summed E-state index contributed by atoms with van der Waals surface area (Å²) < 4.78 is 5.83. The zero-order valence-corrected chi connectivity index (χ0v) is 30.7. The van der Waals surface area contributed by atoms with Crippen LogP contribution in [0.4, 0.5) is 0 Å². The van der Waals surface area contributed by atoms with Gasteiger partial charge in [-0.2, -0.15) is 0 Å². The number of cyclic esters (lactones) is 1. The summed E-state index contributed by atoms with van der Waals surface area (Å²) in [5.74, 6) is -5.02. The van der Waals surface area contributed by atoms with E-state index in [-0.39, 0.29) is 38.0 Å². The van der Waals surface area contributed by atoms with Crippen molar-refractivity contribution in [2.75, 3.05) is 6.54 Å². The highest BCUT2D eigenvalue weighted by Gasteiger charge is 2.38. The van der Waals surface area contributed by atoms with Crippen LogP contribution in [0.15, 0.2) is 66.3 Å². The molecule has 1 saturated heterocycles. The Hall–Kier alpha value is -4.46. The molecule has 2 aliphatic heterocycles. The Morgan fingerprint density at radius 1 is 1.04 bits per heavy atom. The molecule has 0 spiro atoms. The molecule has 1 aromatic carbocycles. The molecule has 3 amide bonds. The molecular formula is C39H54N4O9. The van der Waals surface area contributed by atoms with Crippen molar-refractivity contribution in [2.45, 2.75) is 110 Å². The smallest absolute Gasteiger partial charge is 0.325 e. The number of carbonyl (C=O) groups is 6. The third-order valence-electron chi connectivity index (χ3n) is 9.52. The number of Topliss-reactive ketones (excluding diaryl/α,β-unsaturated/α-hetero) is 1. The second kappa shape index (κ2) is 20.5. The number of benzene rings is 1. The Bertz CT molecular complexity index is 1490. The zero-order valence-electron chi connectivity index (χ0n) is 30.7. The van der Waals surface area contributed by atoms with E-state index in [9.17, 15) is 39.0 Å². The topological polar surface area (TPSA) is 191 Å². The Labute approximate surface area is 305 Å². The summed E-state index contributed by atoms with van der Waals surface area (Å²) in [4.78, 5) is 78.5. The second-order valence-electron chi connectivity index (χ2n) is 14.0. The average molecular weight is 723 g/mol. The van der Waals surface area contributed by atoms with Gasteiger partial charge in [0.2, 0.25) is 11.8 Å². The number of aliphatic hydroxyl groups is 2. The van der Waals surface area contributed by atoms with Crippen LogP contribution in [0.25, 0.3) is 0 Å². The van der Waals surface area contributed by atoms with Crippen molar-refractivity contribution < 1.29 is 43.7 Å². The molecule has 13 nitrogen and oxygen atoms in total. The number of nitrogens with zero attached hydrogens (tertiary/aromatic N) is 1. The summed E-state index contributed by atoms with van der Waals surface area (Å²) in [6, 6.07) is 6.01. The fraction of sp³-hybridized carbons (Fsp3) is 0.538. The van der Waals surface area contributed by atoms with Gasteiger partial charge in [0.15, 0.2) is 0 Å². The lowest BCUT2D eigenvalue weighted by Gasteiger charge is -2.36. The van der Waals surface area contributed by atoms with Crippen LogP contribution in [-0.2, 0) is 39.9 Å². The minimum atomic E-state index is -1.39. The number of fused-ring (bicyclic) bond motifs is 2. The zero-order chi connectivity index (χ0) is 38.4. The van der Waals surface area contributed by atoms with Crippen molar-refractivity contribution in [3.05, 3.63) is 71.8 Å². The van der Waals surface area contributed by atoms with E-state index < -0.39 is 77.9 Å². The van der Waals surface area contributed by atoms with E-state index in [1.165, 1.54) is 24.1 Å². The standard InChI is InChI=1S/C39H54N4O9/c1-24(2)34-37(49)40-31(23-28-13-8-6-9-14-28)38(50)43-21-12-15-30(42-43)39(51)52-33(25(3)20-22-44)17-11-7-10-16-32(46)27(5)35(47)29(36(48)41-34)19-18-26(4)45/h6-11,13-14,16,20,22,24,27,29-35,42,46-47H,12,15,17-19,21,23H2,1-5H3,(H,40,49)(H,41,48)/b11-7+,16-10+,25-20+/t27?,29?,30?,31?,32-,33-,34?,35+/m0/s1. The highest BCUT2D eigenvalue weighted by atomic mass is 16.5. The number of aldehydes is 1. The van der Waals surface area contributed by atoms with Crippen LogP contribution in [-0.4, -0.2) is 94.0 Å². The summed E-state index contributed by atoms with van der Waals surface area (Å²) in [7, 11) is 0. The van der Waals surface area contributed by atoms with Gasteiger partial charge < -0.3 is 30.4 Å².